The summed E-state index contributed by atoms with van der Waals surface area (Å²) in [5, 5.41) is 4.00. The van der Waals surface area contributed by atoms with Gasteiger partial charge in [-0.25, -0.2) is 13.2 Å². The molecule has 40 heavy (non-hydrogen) atoms. The van der Waals surface area contributed by atoms with Gasteiger partial charge in [-0.2, -0.15) is 0 Å². The highest BCUT2D eigenvalue weighted by molar-refractivity contribution is 7.92. The van der Waals surface area contributed by atoms with Crippen molar-refractivity contribution in [1.29, 1.82) is 0 Å². The van der Waals surface area contributed by atoms with Gasteiger partial charge >= 0.3 is 5.97 Å². The molecule has 0 radical (unpaired) electrons. The average Bonchev–Trinajstić information content (AvgIpc) is 3.43. The van der Waals surface area contributed by atoms with Gasteiger partial charge in [0.25, 0.3) is 0 Å². The quantitative estimate of drug-likeness (QED) is 0.239. The van der Waals surface area contributed by atoms with Gasteiger partial charge in [0.2, 0.25) is 10.0 Å². The number of benzene rings is 2. The first kappa shape index (κ1) is 27.4. The molecule has 0 aliphatic carbocycles. The topological polar surface area (TPSA) is 106 Å². The van der Waals surface area contributed by atoms with Crippen LogP contribution in [0.1, 0.15) is 45.1 Å². The van der Waals surface area contributed by atoms with Crippen molar-refractivity contribution in [3.63, 3.8) is 0 Å². The minimum atomic E-state index is -3.40. The fourth-order valence-electron chi connectivity index (χ4n) is 5.20. The fourth-order valence-corrected chi connectivity index (χ4v) is 6.11. The summed E-state index contributed by atoms with van der Waals surface area (Å²) in [4.78, 5) is 18.6. The van der Waals surface area contributed by atoms with Crippen molar-refractivity contribution in [1.82, 2.24) is 14.9 Å². The highest BCUT2D eigenvalue weighted by Crippen LogP contribution is 2.44. The van der Waals surface area contributed by atoms with E-state index < -0.39 is 10.0 Å². The van der Waals surface area contributed by atoms with Crippen LogP contribution in [0, 0.1) is 13.8 Å². The summed E-state index contributed by atoms with van der Waals surface area (Å²) in [5.74, 6) is -0.384. The van der Waals surface area contributed by atoms with E-state index in [9.17, 15) is 13.2 Å². The van der Waals surface area contributed by atoms with E-state index in [1.54, 1.807) is 30.5 Å². The van der Waals surface area contributed by atoms with Gasteiger partial charge in [-0.15, -0.1) is 0 Å². The van der Waals surface area contributed by atoms with Crippen molar-refractivity contribution in [2.24, 2.45) is 0 Å². The van der Waals surface area contributed by atoms with Crippen LogP contribution in [0.2, 0.25) is 0 Å². The zero-order valence-corrected chi connectivity index (χ0v) is 24.1. The van der Waals surface area contributed by atoms with Crippen LogP contribution in [0.3, 0.4) is 0 Å². The number of thiocarbonyl (C=S) groups is 1. The van der Waals surface area contributed by atoms with Crippen LogP contribution in [0.15, 0.2) is 79.0 Å². The molecule has 11 heteroatoms. The molecule has 2 aromatic heterocycles. The Morgan fingerprint density at radius 2 is 1.70 bits per heavy atom. The fraction of sp³-hybridized carbons (Fsp3) is 0.207. The first-order valence-electron chi connectivity index (χ1n) is 12.5. The average molecular weight is 576 g/mol. The van der Waals surface area contributed by atoms with Gasteiger partial charge in [0, 0.05) is 34.6 Å². The number of anilines is 2. The highest BCUT2D eigenvalue weighted by atomic mass is 32.2. The number of ether oxygens (including phenoxy) is 1. The number of pyridine rings is 1. The van der Waals surface area contributed by atoms with Crippen molar-refractivity contribution in [2.75, 3.05) is 23.0 Å². The Bertz CT molecular complexity index is 1670. The molecule has 9 nitrogen and oxygen atoms in total. The number of esters is 1. The van der Waals surface area contributed by atoms with Gasteiger partial charge in [-0.05, 0) is 98.4 Å². The molecule has 0 unspecified atom stereocenters. The summed E-state index contributed by atoms with van der Waals surface area (Å²) >= 11 is 5.85. The van der Waals surface area contributed by atoms with E-state index >= 15 is 0 Å². The zero-order chi connectivity index (χ0) is 28.6. The third kappa shape index (κ3) is 5.30. The molecule has 206 valence electrons. The monoisotopic (exact) mass is 575 g/mol. The maximum absolute atomic E-state index is 11.9. The van der Waals surface area contributed by atoms with Crippen LogP contribution in [0.4, 0.5) is 11.4 Å². The van der Waals surface area contributed by atoms with Gasteiger partial charge < -0.3 is 19.5 Å². The lowest BCUT2D eigenvalue weighted by molar-refractivity contribution is 0.0600. The molecule has 5 rings (SSSR count). The van der Waals surface area contributed by atoms with Gasteiger partial charge in [0.05, 0.1) is 36.7 Å². The van der Waals surface area contributed by atoms with Crippen LogP contribution in [-0.2, 0) is 14.8 Å². The van der Waals surface area contributed by atoms with E-state index in [-0.39, 0.29) is 18.1 Å². The molecule has 2 atom stereocenters. The maximum atomic E-state index is 11.9. The van der Waals surface area contributed by atoms with Crippen molar-refractivity contribution in [3.8, 4) is 5.69 Å². The van der Waals surface area contributed by atoms with E-state index in [1.165, 1.54) is 7.11 Å². The van der Waals surface area contributed by atoms with Crippen LogP contribution in [0.25, 0.3) is 5.69 Å². The second-order valence-electron chi connectivity index (χ2n) is 9.62. The molecule has 4 aromatic rings. The lowest BCUT2D eigenvalue weighted by atomic mass is 9.96. The van der Waals surface area contributed by atoms with Crippen molar-refractivity contribution >= 4 is 44.7 Å². The molecule has 2 aromatic carbocycles. The molecule has 0 saturated carbocycles. The van der Waals surface area contributed by atoms with Crippen molar-refractivity contribution in [2.45, 2.75) is 25.9 Å². The summed E-state index contributed by atoms with van der Waals surface area (Å²) in [7, 11) is -2.04. The Kier molecular flexibility index (Phi) is 7.35. The number of carbonyl (C=O) groups is 1. The molecule has 0 spiro atoms. The van der Waals surface area contributed by atoms with Crippen LogP contribution in [-0.4, -0.2) is 42.4 Å². The number of aryl methyl sites for hydroxylation is 1. The molecular weight excluding hydrogens is 546 g/mol. The van der Waals surface area contributed by atoms with Gasteiger partial charge in [0.1, 0.15) is 0 Å². The predicted octanol–water partition coefficient (Wildman–Crippen LogP) is 4.82. The van der Waals surface area contributed by atoms with Gasteiger partial charge in [0.15, 0.2) is 5.11 Å². The van der Waals surface area contributed by atoms with E-state index in [0.717, 1.165) is 40.3 Å². The van der Waals surface area contributed by atoms with E-state index in [4.69, 9.17) is 17.0 Å². The predicted molar refractivity (Wildman–Crippen MR) is 159 cm³/mol. The summed E-state index contributed by atoms with van der Waals surface area (Å²) in [6, 6.07) is 21.9. The SMILES string of the molecule is COC(=O)c1ccc(-n2c(C)cc([C@H]3[C@@H](c4ccccn4)NC(=S)N3c3ccc(NS(C)(=O)=O)cc3)c2C)cc1. The van der Waals surface area contributed by atoms with Crippen LogP contribution in [0.5, 0.6) is 0 Å². The van der Waals surface area contributed by atoms with E-state index in [2.05, 4.69) is 32.6 Å². The Morgan fingerprint density at radius 3 is 2.30 bits per heavy atom. The smallest absolute Gasteiger partial charge is 0.337 e. The number of rotatable bonds is 7. The normalized spacial score (nSPS) is 17.0. The molecule has 0 bridgehead atoms. The van der Waals surface area contributed by atoms with E-state index in [1.807, 2.05) is 54.3 Å². The first-order valence-corrected chi connectivity index (χ1v) is 14.8. The minimum absolute atomic E-state index is 0.238. The summed E-state index contributed by atoms with van der Waals surface area (Å²) in [5.41, 5.74) is 6.61. The number of sulfonamides is 1. The summed E-state index contributed by atoms with van der Waals surface area (Å²) in [6.07, 6.45) is 2.88. The van der Waals surface area contributed by atoms with Crippen molar-refractivity contribution in [3.05, 3.63) is 107 Å². The highest BCUT2D eigenvalue weighted by Gasteiger charge is 2.42. The number of aromatic nitrogens is 2. The lowest BCUT2D eigenvalue weighted by Gasteiger charge is -2.28. The number of carbonyl (C=O) groups excluding carboxylic acids is 1. The third-order valence-electron chi connectivity index (χ3n) is 6.88. The van der Waals surface area contributed by atoms with Crippen LogP contribution >= 0.6 is 12.2 Å². The Labute approximate surface area is 238 Å². The number of nitrogens with one attached hydrogen (secondary N) is 2. The largest absolute Gasteiger partial charge is 0.465 e. The van der Waals surface area contributed by atoms with Crippen molar-refractivity contribution < 1.29 is 17.9 Å². The molecule has 0 amide bonds. The molecule has 1 fully saturated rings. The zero-order valence-electron chi connectivity index (χ0n) is 22.5. The number of hydrogen-bond acceptors (Lipinski definition) is 6. The maximum Gasteiger partial charge on any atom is 0.337 e. The Balaban J connectivity index is 1.59. The third-order valence-corrected chi connectivity index (χ3v) is 7.80. The summed E-state index contributed by atoms with van der Waals surface area (Å²) < 4.78 is 32.9. The molecule has 1 aliphatic rings. The summed E-state index contributed by atoms with van der Waals surface area (Å²) in [6.45, 7) is 4.10. The number of methoxy groups -OCH3 is 1. The Morgan fingerprint density at radius 1 is 1.02 bits per heavy atom. The van der Waals surface area contributed by atoms with E-state index in [0.29, 0.717) is 16.4 Å². The van der Waals surface area contributed by atoms with Gasteiger partial charge in [-0.1, -0.05) is 6.07 Å². The molecule has 2 N–H and O–H groups in total. The molecular formula is C29H29N5O4S2. The lowest BCUT2D eigenvalue weighted by Crippen LogP contribution is -2.29. The standard InChI is InChI=1S/C29H29N5O4S2/c1-18-17-24(19(2)33(18)22-12-8-20(9-13-22)28(35)38-3)27-26(25-7-5-6-16-30-25)31-29(39)34(27)23-14-10-21(11-15-23)32-40(4,36)37/h5-17,26-27,32H,1-4H3,(H,31,39)/t26-,27+/m1/s1. The molecule has 1 aliphatic heterocycles. The number of nitrogens with zero attached hydrogens (tertiary/aromatic N) is 3. The second kappa shape index (κ2) is 10.7. The Hall–Kier alpha value is -4.22. The number of hydrogen-bond donors (Lipinski definition) is 2. The van der Waals surface area contributed by atoms with Gasteiger partial charge in [-0.3, -0.25) is 9.71 Å². The van der Waals surface area contributed by atoms with Crippen LogP contribution < -0.4 is 14.9 Å². The molecule has 3 heterocycles. The minimum Gasteiger partial charge on any atom is -0.465 e. The second-order valence-corrected chi connectivity index (χ2v) is 11.8. The molecule has 1 saturated heterocycles. The first-order chi connectivity index (χ1) is 19.1.